The van der Waals surface area contributed by atoms with E-state index >= 15 is 0 Å². The van der Waals surface area contributed by atoms with Crippen molar-refractivity contribution in [2.75, 3.05) is 23.0 Å². The van der Waals surface area contributed by atoms with Crippen molar-refractivity contribution in [3.05, 3.63) is 48.2 Å². The van der Waals surface area contributed by atoms with Gasteiger partial charge in [-0.05, 0) is 36.6 Å². The number of para-hydroxylation sites is 1. The Kier molecular flexibility index (Phi) is 3.99. The van der Waals surface area contributed by atoms with Crippen LogP contribution in [0, 0.1) is 0 Å². The maximum Gasteiger partial charge on any atom is 0.326 e. The average Bonchev–Trinajstić information content (AvgIpc) is 3.21. The molecule has 7 heteroatoms. The van der Waals surface area contributed by atoms with Gasteiger partial charge in [-0.2, -0.15) is 0 Å². The van der Waals surface area contributed by atoms with E-state index in [2.05, 4.69) is 16.4 Å². The molecule has 6 nitrogen and oxygen atoms in total. The number of benzene rings is 1. The first-order chi connectivity index (χ1) is 12.4. The van der Waals surface area contributed by atoms with Gasteiger partial charge in [0, 0.05) is 23.9 Å². The van der Waals surface area contributed by atoms with Crippen molar-refractivity contribution in [1.29, 1.82) is 0 Å². The number of carbonyl (C=O) groups is 1. The number of amides is 2. The molecule has 1 aromatic heterocycles. The van der Waals surface area contributed by atoms with Crippen LogP contribution in [-0.4, -0.2) is 32.2 Å². The van der Waals surface area contributed by atoms with Crippen LogP contribution in [0.4, 0.5) is 16.2 Å². The summed E-state index contributed by atoms with van der Waals surface area (Å²) in [6, 6.07) is 10.9. The van der Waals surface area contributed by atoms with E-state index < -0.39 is 9.84 Å². The molecule has 0 radical (unpaired) electrons. The second-order valence-corrected chi connectivity index (χ2v) is 9.14. The lowest BCUT2D eigenvalue weighted by atomic mass is 9.81. The fraction of sp³-hybridized carbons (Fsp3) is 0.368. The molecule has 2 heterocycles. The molecule has 26 heavy (non-hydrogen) atoms. The largest absolute Gasteiger partial charge is 0.326 e. The van der Waals surface area contributed by atoms with Gasteiger partial charge in [-0.15, -0.1) is 0 Å². The maximum absolute atomic E-state index is 12.9. The molecule has 1 spiro atoms. The van der Waals surface area contributed by atoms with E-state index in [1.807, 2.05) is 18.2 Å². The van der Waals surface area contributed by atoms with E-state index in [1.165, 1.54) is 30.7 Å². The lowest BCUT2D eigenvalue weighted by Gasteiger charge is -2.24. The third kappa shape index (κ3) is 2.86. The lowest BCUT2D eigenvalue weighted by Crippen LogP contribution is -2.38. The Morgan fingerprint density at radius 2 is 1.88 bits per heavy atom. The molecule has 136 valence electrons. The Labute approximate surface area is 153 Å². The van der Waals surface area contributed by atoms with Crippen LogP contribution in [-0.2, 0) is 15.3 Å². The summed E-state index contributed by atoms with van der Waals surface area (Å²) >= 11 is 0. The average molecular weight is 371 g/mol. The first-order valence-corrected chi connectivity index (χ1v) is 10.6. The van der Waals surface area contributed by atoms with Crippen LogP contribution in [0.3, 0.4) is 0 Å². The summed E-state index contributed by atoms with van der Waals surface area (Å²) in [5.74, 6) is 0. The predicted octanol–water partition coefficient (Wildman–Crippen LogP) is 3.35. The molecular formula is C19H21N3O3S. The Bertz CT molecular complexity index is 948. The molecule has 0 unspecified atom stereocenters. The van der Waals surface area contributed by atoms with Crippen LogP contribution in [0.2, 0.25) is 0 Å². The van der Waals surface area contributed by atoms with Gasteiger partial charge < -0.3 is 5.32 Å². The third-order valence-electron chi connectivity index (χ3n) is 5.40. The Morgan fingerprint density at radius 3 is 2.54 bits per heavy atom. The highest BCUT2D eigenvalue weighted by atomic mass is 32.2. The zero-order chi connectivity index (χ0) is 18.4. The normalized spacial score (nSPS) is 18.1. The standard InChI is InChI=1S/C19H21N3O3S/c1-26(24,25)17-9-8-14(12-20-17)21-18(23)22-13-19(10-4-5-11-19)15-6-2-3-7-16(15)22/h2-3,6-9,12H,4-5,10-11,13H2,1H3,(H,21,23). The fourth-order valence-corrected chi connectivity index (χ4v) is 4.71. The molecule has 4 rings (SSSR count). The monoisotopic (exact) mass is 371 g/mol. The molecule has 1 aliphatic carbocycles. The predicted molar refractivity (Wildman–Crippen MR) is 100 cm³/mol. The fourth-order valence-electron chi connectivity index (χ4n) is 4.16. The van der Waals surface area contributed by atoms with Gasteiger partial charge in [-0.3, -0.25) is 4.90 Å². The van der Waals surface area contributed by atoms with E-state index in [9.17, 15) is 13.2 Å². The van der Waals surface area contributed by atoms with E-state index in [4.69, 9.17) is 0 Å². The molecule has 0 saturated heterocycles. The van der Waals surface area contributed by atoms with E-state index in [1.54, 1.807) is 11.0 Å². The number of anilines is 2. The highest BCUT2D eigenvalue weighted by Gasteiger charge is 2.46. The van der Waals surface area contributed by atoms with Gasteiger partial charge in [0.2, 0.25) is 0 Å². The lowest BCUT2D eigenvalue weighted by molar-refractivity contribution is 0.256. The smallest absolute Gasteiger partial charge is 0.306 e. The number of nitrogens with one attached hydrogen (secondary N) is 1. The van der Waals surface area contributed by atoms with Gasteiger partial charge in [0.15, 0.2) is 14.9 Å². The summed E-state index contributed by atoms with van der Waals surface area (Å²) in [5.41, 5.74) is 2.78. The van der Waals surface area contributed by atoms with Crippen molar-refractivity contribution >= 4 is 27.2 Å². The van der Waals surface area contributed by atoms with Crippen LogP contribution >= 0.6 is 0 Å². The molecule has 0 atom stereocenters. The van der Waals surface area contributed by atoms with E-state index in [-0.39, 0.29) is 16.5 Å². The zero-order valence-corrected chi connectivity index (χ0v) is 15.4. The quantitative estimate of drug-likeness (QED) is 0.878. The highest BCUT2D eigenvalue weighted by Crippen LogP contribution is 2.50. The second kappa shape index (κ2) is 6.09. The number of rotatable bonds is 2. The minimum Gasteiger partial charge on any atom is -0.306 e. The molecule has 1 N–H and O–H groups in total. The van der Waals surface area contributed by atoms with Crippen molar-refractivity contribution < 1.29 is 13.2 Å². The first-order valence-electron chi connectivity index (χ1n) is 8.73. The Hall–Kier alpha value is -2.41. The molecule has 1 aliphatic heterocycles. The number of sulfone groups is 1. The van der Waals surface area contributed by atoms with Gasteiger partial charge in [0.1, 0.15) is 0 Å². The summed E-state index contributed by atoms with van der Waals surface area (Å²) in [5, 5.41) is 2.83. The maximum atomic E-state index is 12.9. The minimum atomic E-state index is -3.35. The number of fused-ring (bicyclic) bond motifs is 2. The number of hydrogen-bond donors (Lipinski definition) is 1. The number of pyridine rings is 1. The SMILES string of the molecule is CS(=O)(=O)c1ccc(NC(=O)N2CC3(CCCC3)c3ccccc32)cn1. The molecule has 2 aromatic rings. The highest BCUT2D eigenvalue weighted by molar-refractivity contribution is 7.90. The number of aromatic nitrogens is 1. The summed E-state index contributed by atoms with van der Waals surface area (Å²) in [6.45, 7) is 0.688. The number of hydrogen-bond acceptors (Lipinski definition) is 4. The van der Waals surface area contributed by atoms with Crippen molar-refractivity contribution in [3.63, 3.8) is 0 Å². The van der Waals surface area contributed by atoms with E-state index in [0.717, 1.165) is 24.8 Å². The summed E-state index contributed by atoms with van der Waals surface area (Å²) in [4.78, 5) is 18.6. The molecule has 1 saturated carbocycles. The second-order valence-electron chi connectivity index (χ2n) is 7.18. The van der Waals surface area contributed by atoms with Crippen LogP contribution in [0.5, 0.6) is 0 Å². The van der Waals surface area contributed by atoms with E-state index in [0.29, 0.717) is 12.2 Å². The summed E-state index contributed by atoms with van der Waals surface area (Å²) in [6.07, 6.45) is 7.09. The van der Waals surface area contributed by atoms with Gasteiger partial charge in [0.25, 0.3) is 0 Å². The molecule has 0 bridgehead atoms. The third-order valence-corrected chi connectivity index (χ3v) is 6.40. The topological polar surface area (TPSA) is 79.4 Å². The first kappa shape index (κ1) is 17.0. The van der Waals surface area contributed by atoms with Crippen molar-refractivity contribution in [2.24, 2.45) is 0 Å². The van der Waals surface area contributed by atoms with Gasteiger partial charge >= 0.3 is 6.03 Å². The molecule has 1 fully saturated rings. The van der Waals surface area contributed by atoms with Gasteiger partial charge in [0.05, 0.1) is 11.9 Å². The molecule has 2 aliphatic rings. The number of carbonyl (C=O) groups excluding carboxylic acids is 1. The van der Waals surface area contributed by atoms with Crippen LogP contribution in [0.1, 0.15) is 31.2 Å². The summed E-state index contributed by atoms with van der Waals surface area (Å²) in [7, 11) is -3.35. The minimum absolute atomic E-state index is 0.00748. The molecule has 1 aromatic carbocycles. The molecular weight excluding hydrogens is 350 g/mol. The number of nitrogens with zero attached hydrogens (tertiary/aromatic N) is 2. The summed E-state index contributed by atoms with van der Waals surface area (Å²) < 4.78 is 23.0. The van der Waals surface area contributed by atoms with Crippen molar-refractivity contribution in [2.45, 2.75) is 36.1 Å². The Balaban J connectivity index is 1.57. The van der Waals surface area contributed by atoms with Crippen molar-refractivity contribution in [1.82, 2.24) is 4.98 Å². The van der Waals surface area contributed by atoms with Gasteiger partial charge in [-0.1, -0.05) is 31.0 Å². The number of urea groups is 1. The van der Waals surface area contributed by atoms with Crippen LogP contribution in [0.25, 0.3) is 0 Å². The zero-order valence-electron chi connectivity index (χ0n) is 14.6. The molecule has 2 amide bonds. The Morgan fingerprint density at radius 1 is 1.15 bits per heavy atom. The van der Waals surface area contributed by atoms with Crippen LogP contribution in [0.15, 0.2) is 47.6 Å². The van der Waals surface area contributed by atoms with Crippen LogP contribution < -0.4 is 10.2 Å². The van der Waals surface area contributed by atoms with Gasteiger partial charge in [-0.25, -0.2) is 18.2 Å². The van der Waals surface area contributed by atoms with Crippen molar-refractivity contribution in [3.8, 4) is 0 Å².